The summed E-state index contributed by atoms with van der Waals surface area (Å²) in [5, 5.41) is 4.01. The molecule has 18 heavy (non-hydrogen) atoms. The number of nitrogens with two attached hydrogens (primary N) is 1. The van der Waals surface area contributed by atoms with Gasteiger partial charge in [-0.15, -0.1) is 0 Å². The number of aromatic nitrogens is 1. The van der Waals surface area contributed by atoms with Crippen molar-refractivity contribution in [3.8, 4) is 11.3 Å². The average Bonchev–Trinajstić information content (AvgIpc) is 2.86. The van der Waals surface area contributed by atoms with E-state index in [0.29, 0.717) is 11.8 Å². The summed E-state index contributed by atoms with van der Waals surface area (Å²) in [6, 6.07) is 10.1. The van der Waals surface area contributed by atoms with Crippen LogP contribution < -0.4 is 5.73 Å². The minimum atomic E-state index is 0.354. The van der Waals surface area contributed by atoms with E-state index in [1.165, 1.54) is 5.56 Å². The monoisotopic (exact) mass is 244 g/mol. The Balaban J connectivity index is 1.99. The zero-order chi connectivity index (χ0) is 12.4. The molecule has 1 aliphatic heterocycles. The second-order valence-electron chi connectivity index (χ2n) is 4.59. The summed E-state index contributed by atoms with van der Waals surface area (Å²) < 4.78 is 10.4. The van der Waals surface area contributed by atoms with Crippen LogP contribution in [0, 0.1) is 0 Å². The number of nitrogens with zero attached hydrogens (tertiary/aromatic N) is 1. The van der Waals surface area contributed by atoms with Gasteiger partial charge in [0.25, 0.3) is 0 Å². The molecule has 0 atom stereocenters. The van der Waals surface area contributed by atoms with Crippen molar-refractivity contribution in [3.63, 3.8) is 0 Å². The molecule has 0 bridgehead atoms. The molecular weight excluding hydrogens is 228 g/mol. The molecule has 1 aromatic carbocycles. The number of anilines is 1. The van der Waals surface area contributed by atoms with Crippen molar-refractivity contribution in [2.45, 2.75) is 18.8 Å². The molecule has 2 aromatic rings. The van der Waals surface area contributed by atoms with E-state index in [1.54, 1.807) is 6.07 Å². The van der Waals surface area contributed by atoms with Gasteiger partial charge in [0, 0.05) is 24.8 Å². The zero-order valence-electron chi connectivity index (χ0n) is 10.1. The Morgan fingerprint density at radius 2 is 1.94 bits per heavy atom. The summed E-state index contributed by atoms with van der Waals surface area (Å²) >= 11 is 0. The van der Waals surface area contributed by atoms with Gasteiger partial charge in [-0.1, -0.05) is 29.4 Å². The first kappa shape index (κ1) is 11.3. The van der Waals surface area contributed by atoms with Crippen molar-refractivity contribution in [1.29, 1.82) is 0 Å². The van der Waals surface area contributed by atoms with Crippen molar-refractivity contribution >= 4 is 5.88 Å². The predicted molar refractivity (Wildman–Crippen MR) is 69.1 cm³/mol. The van der Waals surface area contributed by atoms with Crippen molar-refractivity contribution in [3.05, 3.63) is 35.9 Å². The molecule has 4 nitrogen and oxygen atoms in total. The summed E-state index contributed by atoms with van der Waals surface area (Å²) in [6.45, 7) is 1.67. The van der Waals surface area contributed by atoms with Gasteiger partial charge in [0.1, 0.15) is 5.69 Å². The lowest BCUT2D eigenvalue weighted by molar-refractivity contribution is 0.0854. The quantitative estimate of drug-likeness (QED) is 0.882. The van der Waals surface area contributed by atoms with Gasteiger partial charge >= 0.3 is 0 Å². The third kappa shape index (κ3) is 2.11. The number of ether oxygens (including phenoxy) is 1. The lowest BCUT2D eigenvalue weighted by Gasteiger charge is -2.24. The summed E-state index contributed by atoms with van der Waals surface area (Å²) in [5.41, 5.74) is 8.84. The molecule has 0 amide bonds. The van der Waals surface area contributed by atoms with Crippen molar-refractivity contribution in [1.82, 2.24) is 5.16 Å². The molecular formula is C14H16N2O2. The lowest BCUT2D eigenvalue weighted by Crippen LogP contribution is -2.14. The van der Waals surface area contributed by atoms with Crippen LogP contribution in [-0.4, -0.2) is 18.4 Å². The van der Waals surface area contributed by atoms with E-state index in [9.17, 15) is 0 Å². The molecule has 0 saturated carbocycles. The molecule has 0 spiro atoms. The second-order valence-corrected chi connectivity index (χ2v) is 4.59. The molecule has 2 heterocycles. The first-order valence-electron chi connectivity index (χ1n) is 6.24. The fourth-order valence-corrected chi connectivity index (χ4v) is 2.51. The van der Waals surface area contributed by atoms with Crippen LogP contribution in [0.5, 0.6) is 0 Å². The lowest BCUT2D eigenvalue weighted by atomic mass is 9.87. The first-order valence-corrected chi connectivity index (χ1v) is 6.24. The largest absolute Gasteiger partial charge is 0.381 e. The summed E-state index contributed by atoms with van der Waals surface area (Å²) in [5.74, 6) is 0.889. The SMILES string of the molecule is Nc1cc(-c2ccccc2C2CCOCC2)no1. The molecule has 0 radical (unpaired) electrons. The third-order valence-corrected chi connectivity index (χ3v) is 3.43. The third-order valence-electron chi connectivity index (χ3n) is 3.43. The molecule has 4 heteroatoms. The van der Waals surface area contributed by atoms with Gasteiger partial charge in [0.05, 0.1) is 0 Å². The van der Waals surface area contributed by atoms with Gasteiger partial charge < -0.3 is 15.0 Å². The van der Waals surface area contributed by atoms with Crippen LogP contribution in [-0.2, 0) is 4.74 Å². The zero-order valence-corrected chi connectivity index (χ0v) is 10.1. The number of benzene rings is 1. The van der Waals surface area contributed by atoms with Gasteiger partial charge in [-0.25, -0.2) is 0 Å². The van der Waals surface area contributed by atoms with E-state index in [2.05, 4.69) is 23.4 Å². The van der Waals surface area contributed by atoms with E-state index in [1.807, 2.05) is 6.07 Å². The summed E-state index contributed by atoms with van der Waals surface area (Å²) in [7, 11) is 0. The number of rotatable bonds is 2. The Kier molecular flexibility index (Phi) is 3.02. The van der Waals surface area contributed by atoms with E-state index in [4.69, 9.17) is 15.0 Å². The van der Waals surface area contributed by atoms with Gasteiger partial charge in [-0.2, -0.15) is 0 Å². The Hall–Kier alpha value is -1.81. The standard InChI is InChI=1S/C14H16N2O2/c15-14-9-13(16-18-14)12-4-2-1-3-11(12)10-5-7-17-8-6-10/h1-4,9-10H,5-8,15H2. The predicted octanol–water partition coefficient (Wildman–Crippen LogP) is 2.82. The fraction of sp³-hybridized carbons (Fsp3) is 0.357. The highest BCUT2D eigenvalue weighted by Gasteiger charge is 2.20. The summed E-state index contributed by atoms with van der Waals surface area (Å²) in [4.78, 5) is 0. The highest BCUT2D eigenvalue weighted by Crippen LogP contribution is 2.34. The van der Waals surface area contributed by atoms with Crippen LogP contribution in [0.1, 0.15) is 24.3 Å². The first-order chi connectivity index (χ1) is 8.84. The molecule has 1 aliphatic rings. The van der Waals surface area contributed by atoms with Gasteiger partial charge in [-0.05, 0) is 24.3 Å². The van der Waals surface area contributed by atoms with E-state index >= 15 is 0 Å². The molecule has 1 saturated heterocycles. The Bertz CT molecular complexity index is 530. The highest BCUT2D eigenvalue weighted by atomic mass is 16.5. The van der Waals surface area contributed by atoms with Gasteiger partial charge in [0.15, 0.2) is 0 Å². The fourth-order valence-electron chi connectivity index (χ4n) is 2.51. The molecule has 0 unspecified atom stereocenters. The van der Waals surface area contributed by atoms with Crippen LogP contribution >= 0.6 is 0 Å². The minimum absolute atomic E-state index is 0.354. The Labute approximate surface area is 106 Å². The maximum absolute atomic E-state index is 5.60. The molecule has 0 aliphatic carbocycles. The average molecular weight is 244 g/mol. The summed E-state index contributed by atoms with van der Waals surface area (Å²) in [6.07, 6.45) is 2.12. The Morgan fingerprint density at radius 1 is 1.17 bits per heavy atom. The normalized spacial score (nSPS) is 16.9. The van der Waals surface area contributed by atoms with E-state index < -0.39 is 0 Å². The second kappa shape index (κ2) is 4.82. The topological polar surface area (TPSA) is 61.3 Å². The smallest absolute Gasteiger partial charge is 0.222 e. The minimum Gasteiger partial charge on any atom is -0.381 e. The molecule has 1 aromatic heterocycles. The van der Waals surface area contributed by atoms with Crippen LogP contribution in [0.25, 0.3) is 11.3 Å². The number of hydrogen-bond donors (Lipinski definition) is 1. The molecule has 3 rings (SSSR count). The molecule has 94 valence electrons. The van der Waals surface area contributed by atoms with E-state index in [-0.39, 0.29) is 0 Å². The van der Waals surface area contributed by atoms with Crippen LogP contribution in [0.15, 0.2) is 34.9 Å². The van der Waals surface area contributed by atoms with Gasteiger partial charge in [0.2, 0.25) is 5.88 Å². The highest BCUT2D eigenvalue weighted by molar-refractivity contribution is 5.66. The number of hydrogen-bond acceptors (Lipinski definition) is 4. The molecule has 2 N–H and O–H groups in total. The Morgan fingerprint density at radius 3 is 2.67 bits per heavy atom. The van der Waals surface area contributed by atoms with E-state index in [0.717, 1.165) is 37.3 Å². The molecule has 1 fully saturated rings. The maximum atomic E-state index is 5.60. The van der Waals surface area contributed by atoms with Crippen molar-refractivity contribution in [2.75, 3.05) is 18.9 Å². The van der Waals surface area contributed by atoms with Crippen molar-refractivity contribution < 1.29 is 9.26 Å². The van der Waals surface area contributed by atoms with Crippen molar-refractivity contribution in [2.24, 2.45) is 0 Å². The number of nitrogen functional groups attached to an aromatic ring is 1. The van der Waals surface area contributed by atoms with Crippen LogP contribution in [0.3, 0.4) is 0 Å². The maximum Gasteiger partial charge on any atom is 0.222 e. The van der Waals surface area contributed by atoms with Gasteiger partial charge in [-0.3, -0.25) is 0 Å². The van der Waals surface area contributed by atoms with Crippen LogP contribution in [0.4, 0.5) is 5.88 Å². The van der Waals surface area contributed by atoms with Crippen LogP contribution in [0.2, 0.25) is 0 Å².